The molecule has 2 aromatic rings. The summed E-state index contributed by atoms with van der Waals surface area (Å²) in [6, 6.07) is 9.96. The average Bonchev–Trinajstić information content (AvgIpc) is 3.04. The molecule has 0 saturated carbocycles. The minimum absolute atomic E-state index is 0.756. The van der Waals surface area contributed by atoms with Gasteiger partial charge in [-0.15, -0.1) is 0 Å². The summed E-state index contributed by atoms with van der Waals surface area (Å²) in [6.07, 6.45) is 0. The van der Waals surface area contributed by atoms with Gasteiger partial charge in [-0.05, 0) is 30.7 Å². The molecular formula is C18H24ClN3O. The van der Waals surface area contributed by atoms with E-state index in [0.29, 0.717) is 0 Å². The molecule has 5 heteroatoms. The van der Waals surface area contributed by atoms with Crippen molar-refractivity contribution in [2.45, 2.75) is 13.5 Å². The van der Waals surface area contributed by atoms with E-state index >= 15 is 0 Å². The Balaban J connectivity index is 1.50. The van der Waals surface area contributed by atoms with Crippen molar-refractivity contribution in [3.63, 3.8) is 0 Å². The molecule has 2 heterocycles. The fourth-order valence-electron chi connectivity index (χ4n) is 2.88. The third kappa shape index (κ3) is 4.36. The zero-order valence-electron chi connectivity index (χ0n) is 13.6. The fraction of sp³-hybridized carbons (Fsp3) is 0.444. The van der Waals surface area contributed by atoms with Crippen molar-refractivity contribution in [1.82, 2.24) is 15.5 Å². The molecule has 0 bridgehead atoms. The van der Waals surface area contributed by atoms with Crippen molar-refractivity contribution in [3.8, 4) is 11.3 Å². The highest BCUT2D eigenvalue weighted by Gasteiger charge is 2.10. The van der Waals surface area contributed by atoms with E-state index in [0.717, 1.165) is 73.5 Å². The van der Waals surface area contributed by atoms with Crippen molar-refractivity contribution >= 4 is 11.6 Å². The van der Waals surface area contributed by atoms with Crippen molar-refractivity contribution in [2.75, 3.05) is 39.3 Å². The summed E-state index contributed by atoms with van der Waals surface area (Å²) in [6.45, 7) is 9.31. The maximum Gasteiger partial charge on any atom is 0.134 e. The van der Waals surface area contributed by atoms with Gasteiger partial charge in [0.2, 0.25) is 0 Å². The van der Waals surface area contributed by atoms with Crippen LogP contribution in [0.2, 0.25) is 5.02 Å². The number of halogens is 1. The monoisotopic (exact) mass is 333 g/mol. The van der Waals surface area contributed by atoms with E-state index in [4.69, 9.17) is 16.0 Å². The second kappa shape index (κ2) is 7.97. The third-order valence-electron chi connectivity index (χ3n) is 4.31. The average molecular weight is 334 g/mol. The Labute approximate surface area is 142 Å². The van der Waals surface area contributed by atoms with Crippen molar-refractivity contribution in [2.24, 2.45) is 0 Å². The Morgan fingerprint density at radius 3 is 2.87 bits per heavy atom. The topological polar surface area (TPSA) is 40.4 Å². The Morgan fingerprint density at radius 1 is 1.22 bits per heavy atom. The number of hydrogen-bond acceptors (Lipinski definition) is 4. The van der Waals surface area contributed by atoms with Gasteiger partial charge in [-0.25, -0.2) is 0 Å². The van der Waals surface area contributed by atoms with Crippen LogP contribution in [0.25, 0.3) is 11.3 Å². The highest BCUT2D eigenvalue weighted by Crippen LogP contribution is 2.29. The van der Waals surface area contributed by atoms with Crippen LogP contribution in [0.1, 0.15) is 11.3 Å². The van der Waals surface area contributed by atoms with Gasteiger partial charge in [-0.3, -0.25) is 4.90 Å². The summed E-state index contributed by atoms with van der Waals surface area (Å²) in [5.41, 5.74) is 2.12. The highest BCUT2D eigenvalue weighted by molar-refractivity contribution is 6.31. The highest BCUT2D eigenvalue weighted by atomic mass is 35.5. The van der Waals surface area contributed by atoms with E-state index in [1.165, 1.54) is 0 Å². The first kappa shape index (κ1) is 16.5. The van der Waals surface area contributed by atoms with Crippen LogP contribution in [0.3, 0.4) is 0 Å². The number of rotatable bonds is 6. The molecule has 0 amide bonds. The fourth-order valence-corrected chi connectivity index (χ4v) is 3.05. The zero-order chi connectivity index (χ0) is 16.1. The molecule has 0 atom stereocenters. The van der Waals surface area contributed by atoms with Crippen molar-refractivity contribution in [1.29, 1.82) is 0 Å². The van der Waals surface area contributed by atoms with Gasteiger partial charge >= 0.3 is 0 Å². The molecule has 124 valence electrons. The number of piperazine rings is 1. The van der Waals surface area contributed by atoms with Crippen molar-refractivity contribution < 1.29 is 4.42 Å². The Hall–Kier alpha value is -1.33. The summed E-state index contributed by atoms with van der Waals surface area (Å²) in [4.78, 5) is 2.48. The van der Waals surface area contributed by atoms with Crippen LogP contribution in [0.4, 0.5) is 0 Å². The minimum atomic E-state index is 0.756. The molecule has 0 spiro atoms. The second-order valence-corrected chi connectivity index (χ2v) is 6.35. The minimum Gasteiger partial charge on any atom is -0.460 e. The van der Waals surface area contributed by atoms with Crippen LogP contribution < -0.4 is 10.6 Å². The van der Waals surface area contributed by atoms with E-state index in [1.54, 1.807) is 0 Å². The summed E-state index contributed by atoms with van der Waals surface area (Å²) in [5.74, 6) is 1.84. The lowest BCUT2D eigenvalue weighted by Gasteiger charge is -2.27. The molecular weight excluding hydrogens is 310 g/mol. The van der Waals surface area contributed by atoms with Gasteiger partial charge in [-0.1, -0.05) is 23.7 Å². The van der Waals surface area contributed by atoms with Crippen LogP contribution in [0.15, 0.2) is 34.7 Å². The predicted molar refractivity (Wildman–Crippen MR) is 94.9 cm³/mol. The lowest BCUT2D eigenvalue weighted by Crippen LogP contribution is -2.45. The third-order valence-corrected chi connectivity index (χ3v) is 4.72. The molecule has 0 unspecified atom stereocenters. The lowest BCUT2D eigenvalue weighted by molar-refractivity contribution is 0.240. The standard InChI is InChI=1S/C18H24ClN3O/c1-14-16(3-2-4-17(14)19)18-6-5-15(23-18)13-21-9-12-22-10-7-20-8-11-22/h2-6,20-21H,7-13H2,1H3. The molecule has 2 N–H and O–H groups in total. The normalized spacial score (nSPS) is 15.9. The van der Waals surface area contributed by atoms with Gasteiger partial charge in [0.25, 0.3) is 0 Å². The maximum atomic E-state index is 6.18. The molecule has 1 aliphatic heterocycles. The van der Waals surface area contributed by atoms with E-state index < -0.39 is 0 Å². The Morgan fingerprint density at radius 2 is 2.04 bits per heavy atom. The van der Waals surface area contributed by atoms with Gasteiger partial charge in [0.05, 0.1) is 6.54 Å². The van der Waals surface area contributed by atoms with Gasteiger partial charge in [0, 0.05) is 49.9 Å². The molecule has 4 nitrogen and oxygen atoms in total. The predicted octanol–water partition coefficient (Wildman–Crippen LogP) is 2.90. The molecule has 23 heavy (non-hydrogen) atoms. The van der Waals surface area contributed by atoms with E-state index in [2.05, 4.69) is 15.5 Å². The molecule has 1 saturated heterocycles. The maximum absolute atomic E-state index is 6.18. The Bertz CT molecular complexity index is 635. The van der Waals surface area contributed by atoms with Gasteiger partial charge in [0.1, 0.15) is 11.5 Å². The number of nitrogens with zero attached hydrogens (tertiary/aromatic N) is 1. The molecule has 1 aliphatic rings. The molecule has 1 aromatic heterocycles. The lowest BCUT2D eigenvalue weighted by atomic mass is 10.1. The van der Waals surface area contributed by atoms with Crippen molar-refractivity contribution in [3.05, 3.63) is 46.7 Å². The SMILES string of the molecule is Cc1c(Cl)cccc1-c1ccc(CNCCN2CCNCC2)o1. The van der Waals surface area contributed by atoms with Crippen LogP contribution in [-0.2, 0) is 6.54 Å². The zero-order valence-corrected chi connectivity index (χ0v) is 14.3. The first-order valence-electron chi connectivity index (χ1n) is 8.22. The van der Waals surface area contributed by atoms with E-state index in [1.807, 2.05) is 37.3 Å². The van der Waals surface area contributed by atoms with Crippen LogP contribution >= 0.6 is 11.6 Å². The number of benzene rings is 1. The summed E-state index contributed by atoms with van der Waals surface area (Å²) in [7, 11) is 0. The van der Waals surface area contributed by atoms with E-state index in [9.17, 15) is 0 Å². The van der Waals surface area contributed by atoms with Crippen LogP contribution in [0, 0.1) is 6.92 Å². The molecule has 1 fully saturated rings. The first-order chi connectivity index (χ1) is 11.2. The van der Waals surface area contributed by atoms with Crippen LogP contribution in [0.5, 0.6) is 0 Å². The van der Waals surface area contributed by atoms with Gasteiger partial charge in [-0.2, -0.15) is 0 Å². The summed E-state index contributed by atoms with van der Waals surface area (Å²) >= 11 is 6.18. The summed E-state index contributed by atoms with van der Waals surface area (Å²) < 4.78 is 5.95. The Kier molecular flexibility index (Phi) is 5.73. The first-order valence-corrected chi connectivity index (χ1v) is 8.60. The quantitative estimate of drug-likeness (QED) is 0.797. The summed E-state index contributed by atoms with van der Waals surface area (Å²) in [5, 5.41) is 7.60. The number of hydrogen-bond donors (Lipinski definition) is 2. The number of furan rings is 1. The molecule has 1 aromatic carbocycles. The van der Waals surface area contributed by atoms with E-state index in [-0.39, 0.29) is 0 Å². The van der Waals surface area contributed by atoms with Gasteiger partial charge < -0.3 is 15.1 Å². The van der Waals surface area contributed by atoms with Gasteiger partial charge in [0.15, 0.2) is 0 Å². The largest absolute Gasteiger partial charge is 0.460 e. The van der Waals surface area contributed by atoms with Crippen LogP contribution in [-0.4, -0.2) is 44.2 Å². The molecule has 3 rings (SSSR count). The molecule has 0 radical (unpaired) electrons. The number of nitrogens with one attached hydrogen (secondary N) is 2. The molecule has 0 aliphatic carbocycles. The second-order valence-electron chi connectivity index (χ2n) is 5.95. The smallest absolute Gasteiger partial charge is 0.134 e.